The number of imidazole rings is 1. The van der Waals surface area contributed by atoms with Crippen LogP contribution in [0.25, 0.3) is 0 Å². The fourth-order valence-electron chi connectivity index (χ4n) is 1.36. The highest BCUT2D eigenvalue weighted by molar-refractivity contribution is 5.72. The van der Waals surface area contributed by atoms with Crippen molar-refractivity contribution in [2.24, 2.45) is 5.73 Å². The van der Waals surface area contributed by atoms with Gasteiger partial charge in [-0.3, -0.25) is 4.79 Å². The van der Waals surface area contributed by atoms with Gasteiger partial charge < -0.3 is 15.5 Å². The van der Waals surface area contributed by atoms with Gasteiger partial charge in [-0.1, -0.05) is 0 Å². The highest BCUT2D eigenvalue weighted by Crippen LogP contribution is 2.10. The molecule has 0 bridgehead atoms. The Morgan fingerprint density at radius 1 is 1.50 bits per heavy atom. The predicted octanol–water partition coefficient (Wildman–Crippen LogP) is 1.06. The third-order valence-electron chi connectivity index (χ3n) is 1.96. The number of ether oxygens (including phenoxy) is 1. The van der Waals surface area contributed by atoms with Crippen LogP contribution in [0, 0.1) is 6.92 Å². The quantitative estimate of drug-likeness (QED) is 0.754. The molecule has 0 amide bonds. The first-order chi connectivity index (χ1) is 7.31. The maximum atomic E-state index is 11.5. The number of carbonyl (C=O) groups excluding carboxylic acids is 1. The molecule has 0 radical (unpaired) electrons. The maximum Gasteiger partial charge on any atom is 0.313 e. The molecule has 16 heavy (non-hydrogen) atoms. The number of aromatic nitrogens is 2. The Morgan fingerprint density at radius 3 is 2.56 bits per heavy atom. The maximum absolute atomic E-state index is 11.5. The van der Waals surface area contributed by atoms with Gasteiger partial charge in [0.1, 0.15) is 17.8 Å². The zero-order valence-electron chi connectivity index (χ0n) is 10.3. The second-order valence-electron chi connectivity index (χ2n) is 4.72. The minimum absolute atomic E-state index is 0.151. The Bertz CT molecular complexity index is 377. The normalized spacial score (nSPS) is 11.6. The number of esters is 1. The van der Waals surface area contributed by atoms with E-state index in [1.54, 1.807) is 0 Å². The summed E-state index contributed by atoms with van der Waals surface area (Å²) in [6, 6.07) is 0. The molecule has 0 aliphatic rings. The molecule has 5 nitrogen and oxygen atoms in total. The van der Waals surface area contributed by atoms with Crippen LogP contribution in [-0.2, 0) is 22.5 Å². The number of nitrogens with zero attached hydrogens (tertiary/aromatic N) is 1. The van der Waals surface area contributed by atoms with Gasteiger partial charge in [-0.15, -0.1) is 0 Å². The van der Waals surface area contributed by atoms with Crippen molar-refractivity contribution in [3.05, 3.63) is 17.2 Å². The average Bonchev–Trinajstić information content (AvgIpc) is 2.42. The number of aromatic amines is 1. The molecule has 1 aromatic rings. The molecule has 0 saturated carbocycles. The Labute approximate surface area is 95.4 Å². The molecule has 5 heteroatoms. The molecular weight excluding hydrogens is 206 g/mol. The number of H-pyrrole nitrogens is 1. The first-order valence-electron chi connectivity index (χ1n) is 5.28. The zero-order chi connectivity index (χ0) is 12.3. The summed E-state index contributed by atoms with van der Waals surface area (Å²) < 4.78 is 5.19. The molecule has 0 unspecified atom stereocenters. The Morgan fingerprint density at radius 2 is 2.12 bits per heavy atom. The monoisotopic (exact) mass is 225 g/mol. The van der Waals surface area contributed by atoms with E-state index in [-0.39, 0.29) is 12.4 Å². The second-order valence-corrected chi connectivity index (χ2v) is 4.72. The SMILES string of the molecule is Cc1[nH]c(CC(=O)OC(C)(C)C)nc1CN. The lowest BCUT2D eigenvalue weighted by Gasteiger charge is -2.18. The summed E-state index contributed by atoms with van der Waals surface area (Å²) in [7, 11) is 0. The van der Waals surface area contributed by atoms with E-state index in [2.05, 4.69) is 9.97 Å². The summed E-state index contributed by atoms with van der Waals surface area (Å²) in [4.78, 5) is 18.8. The van der Waals surface area contributed by atoms with Gasteiger partial charge in [0, 0.05) is 12.2 Å². The number of rotatable bonds is 3. The molecule has 0 saturated heterocycles. The number of hydrogen-bond donors (Lipinski definition) is 2. The van der Waals surface area contributed by atoms with E-state index in [0.29, 0.717) is 12.4 Å². The van der Waals surface area contributed by atoms with Crippen molar-refractivity contribution in [2.75, 3.05) is 0 Å². The van der Waals surface area contributed by atoms with E-state index in [9.17, 15) is 4.79 Å². The standard InChI is InChI=1S/C11H19N3O2/c1-7-8(6-12)14-9(13-7)5-10(15)16-11(2,3)4/h5-6,12H2,1-4H3,(H,13,14). The molecule has 0 aliphatic carbocycles. The lowest BCUT2D eigenvalue weighted by molar-refractivity contribution is -0.154. The second kappa shape index (κ2) is 4.65. The van der Waals surface area contributed by atoms with Gasteiger partial charge in [-0.2, -0.15) is 0 Å². The van der Waals surface area contributed by atoms with Gasteiger partial charge in [0.25, 0.3) is 0 Å². The van der Waals surface area contributed by atoms with E-state index in [1.807, 2.05) is 27.7 Å². The number of nitrogens with one attached hydrogen (secondary N) is 1. The minimum atomic E-state index is -0.463. The van der Waals surface area contributed by atoms with E-state index < -0.39 is 5.60 Å². The van der Waals surface area contributed by atoms with Crippen LogP contribution >= 0.6 is 0 Å². The molecule has 1 heterocycles. The topological polar surface area (TPSA) is 81.0 Å². The molecule has 0 spiro atoms. The fourth-order valence-corrected chi connectivity index (χ4v) is 1.36. The smallest absolute Gasteiger partial charge is 0.313 e. The van der Waals surface area contributed by atoms with Crippen LogP contribution in [0.2, 0.25) is 0 Å². The van der Waals surface area contributed by atoms with Crippen LogP contribution in [0.5, 0.6) is 0 Å². The summed E-state index contributed by atoms with van der Waals surface area (Å²) >= 11 is 0. The van der Waals surface area contributed by atoms with E-state index in [0.717, 1.165) is 11.4 Å². The molecule has 0 aromatic carbocycles. The van der Waals surface area contributed by atoms with Gasteiger partial charge in [0.05, 0.1) is 5.69 Å². The van der Waals surface area contributed by atoms with Crippen molar-refractivity contribution in [3.63, 3.8) is 0 Å². The van der Waals surface area contributed by atoms with Gasteiger partial charge in [0.2, 0.25) is 0 Å². The van der Waals surface area contributed by atoms with Crippen molar-refractivity contribution in [1.29, 1.82) is 0 Å². The molecular formula is C11H19N3O2. The first-order valence-corrected chi connectivity index (χ1v) is 5.28. The molecule has 3 N–H and O–H groups in total. The molecule has 90 valence electrons. The van der Waals surface area contributed by atoms with Gasteiger partial charge in [-0.25, -0.2) is 4.98 Å². The van der Waals surface area contributed by atoms with Crippen LogP contribution in [0.4, 0.5) is 0 Å². The Balaban J connectivity index is 2.63. The van der Waals surface area contributed by atoms with Crippen LogP contribution in [-0.4, -0.2) is 21.5 Å². The lowest BCUT2D eigenvalue weighted by Crippen LogP contribution is -2.25. The van der Waals surface area contributed by atoms with Crippen molar-refractivity contribution in [1.82, 2.24) is 9.97 Å². The van der Waals surface area contributed by atoms with Crippen molar-refractivity contribution >= 4 is 5.97 Å². The fraction of sp³-hybridized carbons (Fsp3) is 0.636. The van der Waals surface area contributed by atoms with Gasteiger partial charge >= 0.3 is 5.97 Å². The number of aryl methyl sites for hydroxylation is 1. The molecule has 1 rings (SSSR count). The van der Waals surface area contributed by atoms with Crippen LogP contribution in [0.1, 0.15) is 38.0 Å². The summed E-state index contributed by atoms with van der Waals surface area (Å²) in [6.07, 6.45) is 0.151. The largest absolute Gasteiger partial charge is 0.460 e. The molecule has 0 fully saturated rings. The zero-order valence-corrected chi connectivity index (χ0v) is 10.3. The number of hydrogen-bond acceptors (Lipinski definition) is 4. The molecule has 1 aromatic heterocycles. The first kappa shape index (κ1) is 12.7. The Hall–Kier alpha value is -1.36. The summed E-state index contributed by atoms with van der Waals surface area (Å²) in [5.74, 6) is 0.317. The molecule has 0 atom stereocenters. The predicted molar refractivity (Wildman–Crippen MR) is 60.8 cm³/mol. The van der Waals surface area contributed by atoms with Crippen molar-refractivity contribution in [2.45, 2.75) is 46.3 Å². The minimum Gasteiger partial charge on any atom is -0.460 e. The van der Waals surface area contributed by atoms with E-state index in [4.69, 9.17) is 10.5 Å². The Kier molecular flexibility index (Phi) is 3.70. The average molecular weight is 225 g/mol. The van der Waals surface area contributed by atoms with Gasteiger partial charge in [0.15, 0.2) is 0 Å². The number of nitrogens with two attached hydrogens (primary N) is 1. The van der Waals surface area contributed by atoms with Crippen molar-refractivity contribution in [3.8, 4) is 0 Å². The highest BCUT2D eigenvalue weighted by atomic mass is 16.6. The lowest BCUT2D eigenvalue weighted by atomic mass is 10.2. The third kappa shape index (κ3) is 3.66. The van der Waals surface area contributed by atoms with Crippen LogP contribution in [0.3, 0.4) is 0 Å². The van der Waals surface area contributed by atoms with Crippen LogP contribution in [0.15, 0.2) is 0 Å². The summed E-state index contributed by atoms with van der Waals surface area (Å²) in [6.45, 7) is 7.77. The summed E-state index contributed by atoms with van der Waals surface area (Å²) in [5, 5.41) is 0. The third-order valence-corrected chi connectivity index (χ3v) is 1.96. The van der Waals surface area contributed by atoms with Crippen LogP contribution < -0.4 is 5.73 Å². The van der Waals surface area contributed by atoms with Gasteiger partial charge in [-0.05, 0) is 27.7 Å². The van der Waals surface area contributed by atoms with Crippen molar-refractivity contribution < 1.29 is 9.53 Å². The van der Waals surface area contributed by atoms with E-state index in [1.165, 1.54) is 0 Å². The highest BCUT2D eigenvalue weighted by Gasteiger charge is 2.18. The van der Waals surface area contributed by atoms with E-state index >= 15 is 0 Å². The molecule has 0 aliphatic heterocycles. The summed E-state index contributed by atoms with van der Waals surface area (Å²) in [5.41, 5.74) is 6.73. The number of carbonyl (C=O) groups is 1.